The van der Waals surface area contributed by atoms with Crippen molar-refractivity contribution in [1.82, 2.24) is 4.72 Å². The molecular weight excluding hydrogens is 292 g/mol. The van der Waals surface area contributed by atoms with Crippen LogP contribution < -0.4 is 10.5 Å². The fourth-order valence-corrected chi connectivity index (χ4v) is 3.82. The number of nitrogen functional groups attached to an aromatic ring is 1. The van der Waals surface area contributed by atoms with Gasteiger partial charge < -0.3 is 15.9 Å². The Balaban J connectivity index is 3.40. The van der Waals surface area contributed by atoms with Crippen LogP contribution in [-0.2, 0) is 22.9 Å². The predicted octanol–water partition coefficient (Wildman–Crippen LogP) is 0.415. The number of hydrogen-bond acceptors (Lipinski definition) is 5. The van der Waals surface area contributed by atoms with Gasteiger partial charge in [-0.2, -0.15) is 0 Å². The molecule has 0 bridgehead atoms. The molecule has 0 saturated heterocycles. The summed E-state index contributed by atoms with van der Waals surface area (Å²) < 4.78 is 27.5. The van der Waals surface area contributed by atoms with Crippen LogP contribution in [0.4, 0.5) is 5.69 Å². The average molecular weight is 316 g/mol. The molecule has 0 aromatic heterocycles. The van der Waals surface area contributed by atoms with Crippen LogP contribution in [0.1, 0.15) is 31.9 Å². The molecule has 120 valence electrons. The second-order valence-electron chi connectivity index (χ2n) is 5.35. The summed E-state index contributed by atoms with van der Waals surface area (Å²) in [6, 6.07) is 3.36. The van der Waals surface area contributed by atoms with Gasteiger partial charge in [0.05, 0.1) is 23.6 Å². The molecule has 0 radical (unpaired) electrons. The van der Waals surface area contributed by atoms with Gasteiger partial charge in [0.25, 0.3) is 0 Å². The van der Waals surface area contributed by atoms with Gasteiger partial charge in [0, 0.05) is 5.69 Å². The number of nitrogens with one attached hydrogen (secondary N) is 1. The first-order valence-electron chi connectivity index (χ1n) is 6.90. The zero-order chi connectivity index (χ0) is 16.3. The molecule has 0 unspecified atom stereocenters. The summed E-state index contributed by atoms with van der Waals surface area (Å²) in [5.74, 6) is 0. The predicted molar refractivity (Wildman–Crippen MR) is 82.5 cm³/mol. The van der Waals surface area contributed by atoms with Crippen molar-refractivity contribution < 1.29 is 18.6 Å². The molecule has 1 rings (SSSR count). The number of hydrogen-bond donors (Lipinski definition) is 4. The summed E-state index contributed by atoms with van der Waals surface area (Å²) in [7, 11) is -3.89. The lowest BCUT2D eigenvalue weighted by molar-refractivity contribution is 0.121. The molecule has 7 heteroatoms. The Bertz CT molecular complexity index is 595. The standard InChI is InChI=1S/C14H24N2O4S/c1-4-10-6-12(15)11(5-2)13(7-10)21(19,20)16-14(3,8-17)9-18/h6-7,16-18H,4-5,8-9,15H2,1-3H3. The van der Waals surface area contributed by atoms with E-state index in [1.54, 1.807) is 12.1 Å². The quantitative estimate of drug-likeness (QED) is 0.544. The highest BCUT2D eigenvalue weighted by Gasteiger charge is 2.31. The molecule has 21 heavy (non-hydrogen) atoms. The van der Waals surface area contributed by atoms with Crippen LogP contribution in [0, 0.1) is 0 Å². The maximum atomic E-state index is 12.6. The Labute approximate surface area is 126 Å². The van der Waals surface area contributed by atoms with Crippen LogP contribution in [-0.4, -0.2) is 37.4 Å². The Morgan fingerprint density at radius 3 is 2.19 bits per heavy atom. The first kappa shape index (κ1) is 17.9. The largest absolute Gasteiger partial charge is 0.398 e. The van der Waals surface area contributed by atoms with Crippen LogP contribution in [0.25, 0.3) is 0 Å². The van der Waals surface area contributed by atoms with Crippen molar-refractivity contribution in [1.29, 1.82) is 0 Å². The van der Waals surface area contributed by atoms with Gasteiger partial charge in [0.1, 0.15) is 0 Å². The fourth-order valence-electron chi connectivity index (χ4n) is 2.04. The van der Waals surface area contributed by atoms with Crippen molar-refractivity contribution in [3.63, 3.8) is 0 Å². The van der Waals surface area contributed by atoms with Gasteiger partial charge in [-0.3, -0.25) is 0 Å². The van der Waals surface area contributed by atoms with E-state index >= 15 is 0 Å². The van der Waals surface area contributed by atoms with Crippen LogP contribution in [0.2, 0.25) is 0 Å². The van der Waals surface area contributed by atoms with Crippen LogP contribution in [0.3, 0.4) is 0 Å². The van der Waals surface area contributed by atoms with Crippen molar-refractivity contribution in [3.8, 4) is 0 Å². The number of aryl methyl sites for hydroxylation is 1. The second kappa shape index (κ2) is 6.74. The SMILES string of the molecule is CCc1cc(N)c(CC)c(S(=O)(=O)NC(C)(CO)CO)c1. The van der Waals surface area contributed by atoms with Crippen LogP contribution >= 0.6 is 0 Å². The minimum atomic E-state index is -3.89. The summed E-state index contributed by atoms with van der Waals surface area (Å²) in [4.78, 5) is 0.106. The van der Waals surface area contributed by atoms with E-state index in [9.17, 15) is 18.6 Å². The van der Waals surface area contributed by atoms with Crippen LogP contribution in [0.15, 0.2) is 17.0 Å². The molecule has 0 spiro atoms. The van der Waals surface area contributed by atoms with Crippen molar-refractivity contribution in [2.45, 2.75) is 44.0 Å². The number of aliphatic hydroxyl groups is 2. The number of nitrogens with two attached hydrogens (primary N) is 1. The Morgan fingerprint density at radius 1 is 1.19 bits per heavy atom. The van der Waals surface area contributed by atoms with E-state index < -0.39 is 28.8 Å². The molecule has 0 aliphatic heterocycles. The van der Waals surface area contributed by atoms with Gasteiger partial charge in [-0.25, -0.2) is 13.1 Å². The highest BCUT2D eigenvalue weighted by molar-refractivity contribution is 7.89. The number of anilines is 1. The molecule has 0 saturated carbocycles. The molecule has 0 aliphatic rings. The summed E-state index contributed by atoms with van der Waals surface area (Å²) in [6.45, 7) is 4.16. The second-order valence-corrected chi connectivity index (χ2v) is 7.00. The highest BCUT2D eigenvalue weighted by atomic mass is 32.2. The zero-order valence-electron chi connectivity index (χ0n) is 12.7. The normalized spacial score (nSPS) is 12.6. The topological polar surface area (TPSA) is 113 Å². The van der Waals surface area contributed by atoms with Crippen molar-refractivity contribution in [2.24, 2.45) is 0 Å². The summed E-state index contributed by atoms with van der Waals surface area (Å²) in [6.07, 6.45) is 1.13. The monoisotopic (exact) mass is 316 g/mol. The van der Waals surface area contributed by atoms with E-state index in [-0.39, 0.29) is 4.90 Å². The smallest absolute Gasteiger partial charge is 0.241 e. The van der Waals surface area contributed by atoms with Gasteiger partial charge >= 0.3 is 0 Å². The fraction of sp³-hybridized carbons (Fsp3) is 0.571. The van der Waals surface area contributed by atoms with E-state index in [0.717, 1.165) is 5.56 Å². The Morgan fingerprint density at radius 2 is 1.76 bits per heavy atom. The number of benzene rings is 1. The molecule has 1 aromatic carbocycles. The van der Waals surface area contributed by atoms with E-state index in [2.05, 4.69) is 4.72 Å². The molecular formula is C14H24N2O4S. The molecule has 0 atom stereocenters. The molecule has 0 heterocycles. The van der Waals surface area contributed by atoms with Crippen molar-refractivity contribution in [3.05, 3.63) is 23.3 Å². The highest BCUT2D eigenvalue weighted by Crippen LogP contribution is 2.26. The molecule has 5 N–H and O–H groups in total. The van der Waals surface area contributed by atoms with Gasteiger partial charge in [0.2, 0.25) is 10.0 Å². The maximum absolute atomic E-state index is 12.6. The maximum Gasteiger partial charge on any atom is 0.241 e. The van der Waals surface area contributed by atoms with Crippen molar-refractivity contribution >= 4 is 15.7 Å². The zero-order valence-corrected chi connectivity index (χ0v) is 13.5. The Hall–Kier alpha value is -1.15. The van der Waals surface area contributed by atoms with E-state index in [1.807, 2.05) is 13.8 Å². The lowest BCUT2D eigenvalue weighted by Crippen LogP contribution is -2.51. The number of aliphatic hydroxyl groups excluding tert-OH is 2. The lowest BCUT2D eigenvalue weighted by Gasteiger charge is -2.26. The molecule has 0 fully saturated rings. The first-order chi connectivity index (χ1) is 9.72. The Kier molecular flexibility index (Phi) is 5.75. The molecule has 6 nitrogen and oxygen atoms in total. The average Bonchev–Trinajstić information content (AvgIpc) is 2.45. The summed E-state index contributed by atoms with van der Waals surface area (Å²) >= 11 is 0. The third-order valence-electron chi connectivity index (χ3n) is 3.43. The third kappa shape index (κ3) is 3.94. The first-order valence-corrected chi connectivity index (χ1v) is 8.38. The van der Waals surface area contributed by atoms with E-state index in [1.165, 1.54) is 6.92 Å². The van der Waals surface area contributed by atoms with Gasteiger partial charge in [-0.1, -0.05) is 13.8 Å². The number of rotatable bonds is 7. The van der Waals surface area contributed by atoms with Gasteiger partial charge in [-0.15, -0.1) is 0 Å². The minimum absolute atomic E-state index is 0.106. The molecule has 0 aliphatic carbocycles. The summed E-state index contributed by atoms with van der Waals surface area (Å²) in [5, 5.41) is 18.5. The van der Waals surface area contributed by atoms with Crippen molar-refractivity contribution in [2.75, 3.05) is 18.9 Å². The third-order valence-corrected chi connectivity index (χ3v) is 5.14. The molecule has 1 aromatic rings. The van der Waals surface area contributed by atoms with Crippen LogP contribution in [0.5, 0.6) is 0 Å². The summed E-state index contributed by atoms with van der Waals surface area (Å²) in [5.41, 5.74) is 6.42. The van der Waals surface area contributed by atoms with E-state index in [4.69, 9.17) is 5.73 Å². The van der Waals surface area contributed by atoms with E-state index in [0.29, 0.717) is 24.1 Å². The van der Waals surface area contributed by atoms with Gasteiger partial charge in [-0.05, 0) is 43.0 Å². The molecule has 0 amide bonds. The minimum Gasteiger partial charge on any atom is -0.398 e. The van der Waals surface area contributed by atoms with Gasteiger partial charge in [0.15, 0.2) is 0 Å². The number of sulfonamides is 1. The lowest BCUT2D eigenvalue weighted by atomic mass is 10.1.